The summed E-state index contributed by atoms with van der Waals surface area (Å²) in [6, 6.07) is 0. The van der Waals surface area contributed by atoms with Crippen molar-refractivity contribution in [1.29, 1.82) is 0 Å². The molecule has 0 saturated carbocycles. The number of rotatable bonds is 3. The average molecular weight is 852 g/mol. The minimum atomic E-state index is -1.08. The third-order valence-electron chi connectivity index (χ3n) is 4.99. The predicted molar refractivity (Wildman–Crippen MR) is 171 cm³/mol. The molecule has 0 aliphatic carbocycles. The third kappa shape index (κ3) is 20.4. The Hall–Kier alpha value is -2.69. The fraction of sp³-hybridized carbons (Fsp3) is 0.727. The summed E-state index contributed by atoms with van der Waals surface area (Å²) in [5, 5.41) is 0. The van der Waals surface area contributed by atoms with Gasteiger partial charge in [0.25, 0.3) is 0 Å². The molecule has 13 heteroatoms. The Morgan fingerprint density at radius 2 is 0.413 bits per heavy atom. The molecule has 0 bridgehead atoms. The van der Waals surface area contributed by atoms with Gasteiger partial charge in [-0.1, -0.05) is 62.3 Å². The van der Waals surface area contributed by atoms with Gasteiger partial charge in [0.05, 0.1) is 16.2 Å². The van der Waals surface area contributed by atoms with Crippen molar-refractivity contribution in [2.75, 3.05) is 0 Å². The maximum atomic E-state index is 11.4. The van der Waals surface area contributed by atoms with Crippen LogP contribution in [0.2, 0.25) is 0 Å². The van der Waals surface area contributed by atoms with E-state index in [1.807, 2.05) is 0 Å². The average Bonchev–Trinajstić information content (AvgIpc) is 2.79. The molecule has 263 valence electrons. The number of hydrogen-bond acceptors (Lipinski definition) is 12. The van der Waals surface area contributed by atoms with Gasteiger partial charge in [0.2, 0.25) is 17.3 Å². The van der Waals surface area contributed by atoms with E-state index in [9.17, 15) is 43.2 Å². The molecule has 0 aromatic heterocycles. The van der Waals surface area contributed by atoms with E-state index in [-0.39, 0.29) is 26.2 Å². The number of ketones is 3. The van der Waals surface area contributed by atoms with Gasteiger partial charge in [-0.25, -0.2) is 14.4 Å². The van der Waals surface area contributed by atoms with Crippen molar-refractivity contribution in [3.63, 3.8) is 0 Å². The van der Waals surface area contributed by atoms with Gasteiger partial charge < -0.3 is 14.2 Å². The first-order valence-electron chi connectivity index (χ1n) is 14.3. The molecular weight excluding hydrogens is 797 g/mol. The van der Waals surface area contributed by atoms with Gasteiger partial charge in [-0.15, -0.1) is 0 Å². The van der Waals surface area contributed by atoms with Crippen LogP contribution >= 0.6 is 0 Å². The van der Waals surface area contributed by atoms with Crippen LogP contribution in [0.15, 0.2) is 0 Å². The molecule has 0 saturated heterocycles. The summed E-state index contributed by atoms with van der Waals surface area (Å²) in [4.78, 5) is 102. The van der Waals surface area contributed by atoms with E-state index in [4.69, 9.17) is 0 Å². The van der Waals surface area contributed by atoms with Crippen molar-refractivity contribution in [2.45, 2.75) is 125 Å². The Kier molecular flexibility index (Phi) is 19.7. The number of carbonyl (C=O) groups excluding carboxylic acids is 9. The maximum Gasteiger partial charge on any atom is 0.382 e. The van der Waals surface area contributed by atoms with E-state index >= 15 is 0 Å². The van der Waals surface area contributed by atoms with Crippen molar-refractivity contribution in [1.82, 2.24) is 0 Å². The number of Topliss-reactive ketones (excluding diaryl/α,β-unsaturated/α-hetero) is 3. The Morgan fingerprint density at radius 3 is 0.500 bits per heavy atom. The molecule has 3 radical (unpaired) electrons. The van der Waals surface area contributed by atoms with E-state index in [0.29, 0.717) is 0 Å². The molecule has 0 atom stereocenters. The zero-order valence-electron chi connectivity index (χ0n) is 30.8. The van der Waals surface area contributed by atoms with E-state index in [0.717, 1.165) is 0 Å². The van der Waals surface area contributed by atoms with Crippen molar-refractivity contribution in [3.05, 3.63) is 0 Å². The Morgan fingerprint density at radius 1 is 0.283 bits per heavy atom. The molecule has 46 heavy (non-hydrogen) atoms. The fourth-order valence-corrected chi connectivity index (χ4v) is 1.77. The van der Waals surface area contributed by atoms with Gasteiger partial charge in [0, 0.05) is 42.4 Å². The van der Waals surface area contributed by atoms with Crippen LogP contribution in [0, 0.1) is 32.5 Å². The maximum absolute atomic E-state index is 11.4. The molecule has 0 fully saturated rings. The van der Waals surface area contributed by atoms with Crippen molar-refractivity contribution in [2.24, 2.45) is 32.5 Å². The Bertz CT molecular complexity index is 1020. The quantitative estimate of drug-likeness (QED) is 0.125. The van der Waals surface area contributed by atoms with Gasteiger partial charge in [0.1, 0.15) is 0 Å². The number of esters is 6. The standard InChI is InChI=1S/3C11H18O4.Bi/c3*1-10(2,3)7(12)8(13)15-9(14)11(4,5)6;/h3*1-6H3;. The first kappa shape index (κ1) is 50.2. The molecule has 0 amide bonds. The van der Waals surface area contributed by atoms with Gasteiger partial charge in [0.15, 0.2) is 0 Å². The Balaban J connectivity index is -0.000000285. The SMILES string of the molecule is CC(C)(C)C(=O)OC(=O)C(=O)C(C)(C)C.CC(C)(C)C(=O)OC(=O)C(=O)C(C)(C)C.CC(C)(C)C(=O)OC(=O)C(=O)C(C)(C)C.[Bi]. The second-order valence-corrected chi connectivity index (χ2v) is 16.5. The second kappa shape index (κ2) is 18.0. The van der Waals surface area contributed by atoms with E-state index < -0.39 is 85.7 Å². The Labute approximate surface area is 292 Å². The normalized spacial score (nSPS) is 11.9. The molecule has 0 rings (SSSR count). The monoisotopic (exact) mass is 851 g/mol. The van der Waals surface area contributed by atoms with Crippen LogP contribution in [0.25, 0.3) is 0 Å². The van der Waals surface area contributed by atoms with Crippen molar-refractivity contribution >= 4 is 79.4 Å². The summed E-state index contributed by atoms with van der Waals surface area (Å²) < 4.78 is 13.4. The summed E-state index contributed by atoms with van der Waals surface area (Å²) in [6.07, 6.45) is 0. The molecule has 0 aromatic carbocycles. The van der Waals surface area contributed by atoms with Crippen LogP contribution < -0.4 is 0 Å². The van der Waals surface area contributed by atoms with Crippen LogP contribution in [0.1, 0.15) is 125 Å². The van der Waals surface area contributed by atoms with Gasteiger partial charge >= 0.3 is 35.8 Å². The molecule has 12 nitrogen and oxygen atoms in total. The van der Waals surface area contributed by atoms with Crippen LogP contribution in [-0.4, -0.2) is 79.4 Å². The summed E-state index contributed by atoms with van der Waals surface area (Å²) >= 11 is 0. The summed E-state index contributed by atoms with van der Waals surface area (Å²) in [5.41, 5.74) is -4.82. The van der Waals surface area contributed by atoms with E-state index in [1.54, 1.807) is 125 Å². The van der Waals surface area contributed by atoms with Crippen molar-refractivity contribution in [3.8, 4) is 0 Å². The minimum absolute atomic E-state index is 0. The van der Waals surface area contributed by atoms with E-state index in [2.05, 4.69) is 14.2 Å². The zero-order valence-corrected chi connectivity index (χ0v) is 34.3. The van der Waals surface area contributed by atoms with Gasteiger partial charge in [-0.2, -0.15) is 0 Å². The topological polar surface area (TPSA) is 181 Å². The molecule has 0 aliphatic rings. The van der Waals surface area contributed by atoms with Crippen LogP contribution in [-0.2, 0) is 57.4 Å². The van der Waals surface area contributed by atoms with Crippen LogP contribution in [0.3, 0.4) is 0 Å². The second-order valence-electron chi connectivity index (χ2n) is 16.5. The summed E-state index contributed by atoms with van der Waals surface area (Å²) in [7, 11) is 0. The summed E-state index contributed by atoms with van der Waals surface area (Å²) in [6.45, 7) is 28.9. The molecule has 0 spiro atoms. The fourth-order valence-electron chi connectivity index (χ4n) is 1.77. The van der Waals surface area contributed by atoms with E-state index in [1.165, 1.54) is 0 Å². The number of carbonyl (C=O) groups is 9. The molecular formula is C33H54BiO12. The van der Waals surface area contributed by atoms with Crippen molar-refractivity contribution < 1.29 is 57.4 Å². The first-order chi connectivity index (χ1) is 19.4. The molecule has 0 aromatic rings. The molecule has 0 unspecified atom stereocenters. The minimum Gasteiger partial charge on any atom is -0.387 e. The van der Waals surface area contributed by atoms with Gasteiger partial charge in [-0.05, 0) is 62.3 Å². The van der Waals surface area contributed by atoms with Crippen LogP contribution in [0.4, 0.5) is 0 Å². The molecule has 0 aliphatic heterocycles. The third-order valence-corrected chi connectivity index (χ3v) is 4.99. The van der Waals surface area contributed by atoms with Gasteiger partial charge in [-0.3, -0.25) is 28.8 Å². The predicted octanol–water partition coefficient (Wildman–Crippen LogP) is 4.77. The largest absolute Gasteiger partial charge is 0.387 e. The molecule has 0 heterocycles. The number of ether oxygens (including phenoxy) is 3. The van der Waals surface area contributed by atoms with Crippen LogP contribution in [0.5, 0.6) is 0 Å². The zero-order chi connectivity index (χ0) is 37.3. The molecule has 0 N–H and O–H groups in total. The smallest absolute Gasteiger partial charge is 0.382 e. The summed E-state index contributed by atoms with van der Waals surface area (Å²) in [5.74, 6) is -7.40. The number of hydrogen-bond donors (Lipinski definition) is 0. The first-order valence-corrected chi connectivity index (χ1v) is 14.3.